The van der Waals surface area contributed by atoms with E-state index in [9.17, 15) is 9.59 Å². The van der Waals surface area contributed by atoms with Crippen molar-refractivity contribution in [3.63, 3.8) is 0 Å². The maximum Gasteiger partial charge on any atom is 0.247 e. The van der Waals surface area contributed by atoms with Gasteiger partial charge in [0.15, 0.2) is 0 Å². The molecule has 0 bridgehead atoms. The average molecular weight is 321 g/mol. The van der Waals surface area contributed by atoms with Crippen LogP contribution in [0.15, 0.2) is 48.5 Å². The van der Waals surface area contributed by atoms with E-state index in [1.165, 1.54) is 0 Å². The number of nitrogens with zero attached hydrogens (tertiary/aromatic N) is 1. The van der Waals surface area contributed by atoms with Gasteiger partial charge in [0.1, 0.15) is 5.54 Å². The first-order valence-electron chi connectivity index (χ1n) is 8.05. The first-order valence-corrected chi connectivity index (χ1v) is 8.05. The summed E-state index contributed by atoms with van der Waals surface area (Å²) in [7, 11) is 0. The Morgan fingerprint density at radius 3 is 2.21 bits per heavy atom. The van der Waals surface area contributed by atoms with Crippen LogP contribution in [0.1, 0.15) is 22.6 Å². The van der Waals surface area contributed by atoms with Crippen LogP contribution in [0, 0.1) is 0 Å². The minimum atomic E-state index is -0.969. The zero-order valence-electron chi connectivity index (χ0n) is 13.2. The summed E-state index contributed by atoms with van der Waals surface area (Å²) >= 11 is 0. The first-order chi connectivity index (χ1) is 11.5. The van der Waals surface area contributed by atoms with Gasteiger partial charge in [0.05, 0.1) is 5.92 Å². The maximum absolute atomic E-state index is 13.2. The van der Waals surface area contributed by atoms with Crippen LogP contribution in [0.25, 0.3) is 0 Å². The van der Waals surface area contributed by atoms with Crippen molar-refractivity contribution in [1.29, 1.82) is 0 Å². The highest BCUT2D eigenvalue weighted by Crippen LogP contribution is 2.39. The Morgan fingerprint density at radius 2 is 1.58 bits per heavy atom. The van der Waals surface area contributed by atoms with Crippen molar-refractivity contribution in [3.05, 3.63) is 65.2 Å². The Kier molecular flexibility index (Phi) is 3.21. The molecule has 0 spiro atoms. The van der Waals surface area contributed by atoms with E-state index in [2.05, 4.69) is 0 Å². The lowest BCUT2D eigenvalue weighted by Crippen LogP contribution is -2.56. The number of carbonyl (C=O) groups is 2. The molecule has 0 fully saturated rings. The lowest BCUT2D eigenvalue weighted by molar-refractivity contribution is -0.123. The van der Waals surface area contributed by atoms with E-state index >= 15 is 0 Å². The second kappa shape index (κ2) is 5.18. The molecule has 0 aromatic heterocycles. The van der Waals surface area contributed by atoms with Gasteiger partial charge >= 0.3 is 0 Å². The second-order valence-electron chi connectivity index (χ2n) is 6.71. The molecular weight excluding hydrogens is 302 g/mol. The number of rotatable bonds is 2. The number of carbonyl (C=O) groups excluding carboxylic acids is 2. The third-order valence-electron chi connectivity index (χ3n) is 5.11. The fourth-order valence-electron chi connectivity index (χ4n) is 3.91. The minimum absolute atomic E-state index is 0.144. The topological polar surface area (TPSA) is 89.4 Å². The zero-order chi connectivity index (χ0) is 16.9. The molecule has 5 nitrogen and oxygen atoms in total. The molecule has 122 valence electrons. The summed E-state index contributed by atoms with van der Waals surface area (Å²) in [6, 6.07) is 15.4. The van der Waals surface area contributed by atoms with Crippen LogP contribution in [0.2, 0.25) is 0 Å². The van der Waals surface area contributed by atoms with Crippen molar-refractivity contribution >= 4 is 17.5 Å². The van der Waals surface area contributed by atoms with Crippen LogP contribution in [-0.4, -0.2) is 23.9 Å². The fourth-order valence-corrected chi connectivity index (χ4v) is 3.91. The summed E-state index contributed by atoms with van der Waals surface area (Å²) in [6.45, 7) is 0.267. The normalized spacial score (nSPS) is 20.5. The van der Waals surface area contributed by atoms with Crippen LogP contribution in [0.5, 0.6) is 0 Å². The number of nitrogens with two attached hydrogens (primary N) is 2. The predicted molar refractivity (Wildman–Crippen MR) is 91.5 cm³/mol. The molecule has 0 radical (unpaired) electrons. The highest BCUT2D eigenvalue weighted by Gasteiger charge is 2.46. The molecule has 2 amide bonds. The zero-order valence-corrected chi connectivity index (χ0v) is 13.2. The number of para-hydroxylation sites is 1. The summed E-state index contributed by atoms with van der Waals surface area (Å²) in [5, 5.41) is 0. The summed E-state index contributed by atoms with van der Waals surface area (Å²) in [5.41, 5.74) is 14.8. The van der Waals surface area contributed by atoms with Crippen LogP contribution in [-0.2, 0) is 22.4 Å². The molecule has 1 aliphatic carbocycles. The van der Waals surface area contributed by atoms with Crippen LogP contribution in [0.3, 0.4) is 0 Å². The fraction of sp³-hybridized carbons (Fsp3) is 0.263. The molecule has 24 heavy (non-hydrogen) atoms. The van der Waals surface area contributed by atoms with Crippen LogP contribution < -0.4 is 16.4 Å². The van der Waals surface area contributed by atoms with Crippen molar-refractivity contribution in [1.82, 2.24) is 0 Å². The van der Waals surface area contributed by atoms with Gasteiger partial charge in [0.25, 0.3) is 0 Å². The van der Waals surface area contributed by atoms with E-state index in [-0.39, 0.29) is 12.5 Å². The molecule has 1 heterocycles. The molecule has 1 atom stereocenters. The molecule has 0 saturated carbocycles. The lowest BCUT2D eigenvalue weighted by Gasteiger charge is -2.29. The third kappa shape index (κ3) is 2.12. The molecule has 2 aliphatic rings. The lowest BCUT2D eigenvalue weighted by atomic mass is 9.95. The van der Waals surface area contributed by atoms with E-state index < -0.39 is 17.4 Å². The number of hydrogen-bond acceptors (Lipinski definition) is 3. The summed E-state index contributed by atoms with van der Waals surface area (Å²) in [4.78, 5) is 26.6. The first kappa shape index (κ1) is 14.9. The molecule has 4 N–H and O–H groups in total. The highest BCUT2D eigenvalue weighted by molar-refractivity contribution is 6.05. The van der Waals surface area contributed by atoms with Crippen LogP contribution in [0.4, 0.5) is 5.69 Å². The monoisotopic (exact) mass is 321 g/mol. The van der Waals surface area contributed by atoms with Gasteiger partial charge in [-0.25, -0.2) is 0 Å². The van der Waals surface area contributed by atoms with Gasteiger partial charge in [-0.2, -0.15) is 0 Å². The molecule has 4 rings (SSSR count). The number of amides is 2. The van der Waals surface area contributed by atoms with E-state index in [4.69, 9.17) is 11.5 Å². The number of primary amides is 1. The molecular formula is C19H19N3O2. The molecule has 2 aromatic carbocycles. The minimum Gasteiger partial charge on any atom is -0.369 e. The maximum atomic E-state index is 13.2. The summed E-state index contributed by atoms with van der Waals surface area (Å²) in [5.74, 6) is -1.04. The largest absolute Gasteiger partial charge is 0.369 e. The standard InChI is InChI=1S/C19H19N3O2/c20-17(23)15-11-22(16-8-4-3-7-14(15)16)18(24)19(21)9-12-5-1-2-6-13(12)10-19/h1-8,15H,9-11,21H2,(H2,20,23). The van der Waals surface area contributed by atoms with Gasteiger partial charge in [-0.3, -0.25) is 9.59 Å². The van der Waals surface area contributed by atoms with Crippen molar-refractivity contribution in [3.8, 4) is 0 Å². The summed E-state index contributed by atoms with van der Waals surface area (Å²) < 4.78 is 0. The van der Waals surface area contributed by atoms with Gasteiger partial charge in [0, 0.05) is 12.2 Å². The summed E-state index contributed by atoms with van der Waals surface area (Å²) in [6.07, 6.45) is 1.03. The van der Waals surface area contributed by atoms with Crippen molar-refractivity contribution in [2.75, 3.05) is 11.4 Å². The van der Waals surface area contributed by atoms with Gasteiger partial charge < -0.3 is 16.4 Å². The number of fused-ring (bicyclic) bond motifs is 2. The average Bonchev–Trinajstić information content (AvgIpc) is 3.12. The van der Waals surface area contributed by atoms with Crippen molar-refractivity contribution in [2.45, 2.75) is 24.3 Å². The van der Waals surface area contributed by atoms with Gasteiger partial charge in [0.2, 0.25) is 11.8 Å². The molecule has 2 aromatic rings. The second-order valence-corrected chi connectivity index (χ2v) is 6.71. The van der Waals surface area contributed by atoms with Gasteiger partial charge in [-0.1, -0.05) is 42.5 Å². The van der Waals surface area contributed by atoms with Crippen LogP contribution >= 0.6 is 0 Å². The van der Waals surface area contributed by atoms with E-state index in [1.807, 2.05) is 48.5 Å². The highest BCUT2D eigenvalue weighted by atomic mass is 16.2. The van der Waals surface area contributed by atoms with Gasteiger partial charge in [-0.15, -0.1) is 0 Å². The van der Waals surface area contributed by atoms with Crippen molar-refractivity contribution < 1.29 is 9.59 Å². The molecule has 1 unspecified atom stereocenters. The van der Waals surface area contributed by atoms with Crippen molar-refractivity contribution in [2.24, 2.45) is 11.5 Å². The number of hydrogen-bond donors (Lipinski definition) is 2. The Labute approximate surface area is 140 Å². The Hall–Kier alpha value is -2.66. The predicted octanol–water partition coefficient (Wildman–Crippen LogP) is 1.10. The smallest absolute Gasteiger partial charge is 0.247 e. The number of benzene rings is 2. The van der Waals surface area contributed by atoms with E-state index in [0.717, 1.165) is 22.4 Å². The van der Waals surface area contributed by atoms with Gasteiger partial charge in [-0.05, 0) is 35.6 Å². The Balaban J connectivity index is 1.68. The quantitative estimate of drug-likeness (QED) is 0.868. The molecule has 5 heteroatoms. The Bertz CT molecular complexity index is 821. The third-order valence-corrected chi connectivity index (χ3v) is 5.11. The SMILES string of the molecule is NC(=O)C1CN(C(=O)C2(N)Cc3ccccc3C2)c2ccccc21. The molecule has 0 saturated heterocycles. The van der Waals surface area contributed by atoms with E-state index in [1.54, 1.807) is 4.90 Å². The molecule has 1 aliphatic heterocycles. The van der Waals surface area contributed by atoms with E-state index in [0.29, 0.717) is 12.8 Å². The number of anilines is 1. The Morgan fingerprint density at radius 1 is 1.00 bits per heavy atom.